The molecule has 0 bridgehead atoms. The molecule has 0 unspecified atom stereocenters. The third kappa shape index (κ3) is 4.09. The van der Waals surface area contributed by atoms with Gasteiger partial charge in [0.15, 0.2) is 0 Å². The fourth-order valence-electron chi connectivity index (χ4n) is 3.56. The Hall–Kier alpha value is -4.22. The molecule has 0 aliphatic carbocycles. The molecule has 0 atom stereocenters. The number of anilines is 1. The van der Waals surface area contributed by atoms with Crippen LogP contribution in [-0.2, 0) is 24.6 Å². The van der Waals surface area contributed by atoms with Crippen LogP contribution in [0.25, 0.3) is 21.8 Å². The van der Waals surface area contributed by atoms with Crippen LogP contribution >= 0.6 is 0 Å². The quantitative estimate of drug-likeness (QED) is 0.460. The third-order valence-electron chi connectivity index (χ3n) is 5.47. The molecule has 3 aromatic heterocycles. The van der Waals surface area contributed by atoms with Crippen molar-refractivity contribution in [1.29, 1.82) is 0 Å². The molecule has 4 rings (SSSR count). The van der Waals surface area contributed by atoms with Gasteiger partial charge in [-0.05, 0) is 30.3 Å². The number of rotatable bonds is 3. The van der Waals surface area contributed by atoms with Crippen LogP contribution in [0.4, 0.5) is 19.0 Å². The second kappa shape index (κ2) is 8.28. The van der Waals surface area contributed by atoms with Gasteiger partial charge < -0.3 is 5.73 Å². The summed E-state index contributed by atoms with van der Waals surface area (Å²) in [6, 6.07) is 6.84. The fourth-order valence-corrected chi connectivity index (χ4v) is 3.56. The zero-order valence-electron chi connectivity index (χ0n) is 18.5. The minimum absolute atomic E-state index is 0.179. The number of hydrogen-bond acceptors (Lipinski definition) is 6. The topological polar surface area (TPSA) is 110 Å². The number of nitrogens with two attached hydrogens (primary N) is 1. The van der Waals surface area contributed by atoms with E-state index in [9.17, 15) is 22.8 Å². The van der Waals surface area contributed by atoms with E-state index in [4.69, 9.17) is 5.73 Å². The number of nitrogen functional groups attached to an aromatic ring is 1. The van der Waals surface area contributed by atoms with E-state index in [1.807, 2.05) is 0 Å². The number of pyridine rings is 2. The van der Waals surface area contributed by atoms with Crippen molar-refractivity contribution in [2.75, 3.05) is 12.8 Å². The summed E-state index contributed by atoms with van der Waals surface area (Å²) in [4.78, 5) is 33.7. The first-order valence-corrected chi connectivity index (χ1v) is 10.1. The first kappa shape index (κ1) is 23.0. The number of carbonyl (C=O) groups excluding carboxylic acids is 2. The van der Waals surface area contributed by atoms with Crippen molar-refractivity contribution >= 4 is 39.4 Å². The van der Waals surface area contributed by atoms with Gasteiger partial charge in [0, 0.05) is 38.2 Å². The van der Waals surface area contributed by atoms with Crippen molar-refractivity contribution in [3.63, 3.8) is 0 Å². The number of alkyl halides is 3. The Labute approximate surface area is 191 Å². The minimum atomic E-state index is -4.53. The van der Waals surface area contributed by atoms with Gasteiger partial charge in [0.05, 0.1) is 40.4 Å². The van der Waals surface area contributed by atoms with Crippen LogP contribution in [0.15, 0.2) is 42.7 Å². The third-order valence-corrected chi connectivity index (χ3v) is 5.47. The van der Waals surface area contributed by atoms with Crippen molar-refractivity contribution in [3.05, 3.63) is 59.5 Å². The largest absolute Gasteiger partial charge is 0.417 e. The molecule has 34 heavy (non-hydrogen) atoms. The molecule has 0 fully saturated rings. The van der Waals surface area contributed by atoms with E-state index in [1.54, 1.807) is 36.1 Å². The summed E-state index contributed by atoms with van der Waals surface area (Å²) < 4.78 is 40.2. The lowest BCUT2D eigenvalue weighted by Gasteiger charge is -2.31. The van der Waals surface area contributed by atoms with Gasteiger partial charge in [-0.15, -0.1) is 0 Å². The van der Waals surface area contributed by atoms with Gasteiger partial charge in [0.25, 0.3) is 5.91 Å². The summed E-state index contributed by atoms with van der Waals surface area (Å²) in [5, 5.41) is 7.68. The number of hydrazine groups is 1. The van der Waals surface area contributed by atoms with Gasteiger partial charge in [0.1, 0.15) is 5.82 Å². The summed E-state index contributed by atoms with van der Waals surface area (Å²) in [5.41, 5.74) is 6.77. The maximum Gasteiger partial charge on any atom is 0.417 e. The van der Waals surface area contributed by atoms with Gasteiger partial charge in [-0.3, -0.25) is 24.3 Å². The average Bonchev–Trinajstić information content (AvgIpc) is 3.18. The van der Waals surface area contributed by atoms with Gasteiger partial charge in [0.2, 0.25) is 5.91 Å². The summed E-state index contributed by atoms with van der Waals surface area (Å²) in [6.07, 6.45) is -2.26. The lowest BCUT2D eigenvalue weighted by Crippen LogP contribution is -2.46. The number of aryl methyl sites for hydroxylation is 1. The Morgan fingerprint density at radius 2 is 1.85 bits per heavy atom. The van der Waals surface area contributed by atoms with Crippen LogP contribution in [0.2, 0.25) is 0 Å². The molecule has 9 nitrogen and oxygen atoms in total. The zero-order chi connectivity index (χ0) is 24.8. The molecule has 2 amide bonds. The van der Waals surface area contributed by atoms with Crippen LogP contribution in [0.1, 0.15) is 28.5 Å². The van der Waals surface area contributed by atoms with E-state index in [0.29, 0.717) is 33.8 Å². The van der Waals surface area contributed by atoms with Crippen LogP contribution < -0.4 is 5.73 Å². The predicted octanol–water partition coefficient (Wildman–Crippen LogP) is 3.15. The summed E-state index contributed by atoms with van der Waals surface area (Å²) in [7, 11) is 3.13. The first-order chi connectivity index (χ1) is 16.0. The Bertz CT molecular complexity index is 1410. The van der Waals surface area contributed by atoms with E-state index >= 15 is 0 Å². The molecule has 0 saturated heterocycles. The molecule has 1 aromatic carbocycles. The highest BCUT2D eigenvalue weighted by Crippen LogP contribution is 2.30. The minimum Gasteiger partial charge on any atom is -0.383 e. The molecule has 0 aliphatic heterocycles. The summed E-state index contributed by atoms with van der Waals surface area (Å²) >= 11 is 0. The van der Waals surface area contributed by atoms with Crippen molar-refractivity contribution in [3.8, 4) is 0 Å². The van der Waals surface area contributed by atoms with Crippen molar-refractivity contribution in [2.24, 2.45) is 7.05 Å². The van der Waals surface area contributed by atoms with Gasteiger partial charge in [-0.25, -0.2) is 9.99 Å². The molecule has 0 radical (unpaired) electrons. The molecular weight excluding hydrogens is 451 g/mol. The number of halogens is 3. The molecule has 0 saturated carbocycles. The number of nitrogens with zero attached hydrogens (tertiary/aromatic N) is 6. The van der Waals surface area contributed by atoms with E-state index < -0.39 is 23.6 Å². The van der Waals surface area contributed by atoms with Gasteiger partial charge in [-0.2, -0.15) is 18.3 Å². The van der Waals surface area contributed by atoms with Crippen LogP contribution in [-0.4, -0.2) is 48.6 Å². The number of benzene rings is 1. The SMILES string of the molecule is CC(=O)N(C)N(Cc1ccc(C(F)(F)F)cn1)C(=O)c1ccc2nc(N)c3cnn(C)c3c2c1. The highest BCUT2D eigenvalue weighted by atomic mass is 19.4. The van der Waals surface area contributed by atoms with Crippen LogP contribution in [0.5, 0.6) is 0 Å². The Morgan fingerprint density at radius 3 is 2.47 bits per heavy atom. The van der Waals surface area contributed by atoms with Gasteiger partial charge >= 0.3 is 6.18 Å². The summed E-state index contributed by atoms with van der Waals surface area (Å²) in [5.74, 6) is -0.682. The lowest BCUT2D eigenvalue weighted by molar-refractivity contribution is -0.140. The van der Waals surface area contributed by atoms with E-state index in [0.717, 1.165) is 16.1 Å². The second-order valence-electron chi connectivity index (χ2n) is 7.70. The van der Waals surface area contributed by atoms with Crippen molar-refractivity contribution < 1.29 is 22.8 Å². The number of carbonyl (C=O) groups is 2. The predicted molar refractivity (Wildman–Crippen MR) is 118 cm³/mol. The molecule has 0 aliphatic rings. The lowest BCUT2D eigenvalue weighted by atomic mass is 10.1. The Kier molecular flexibility index (Phi) is 5.59. The molecule has 12 heteroatoms. The molecular formula is C22H20F3N7O2. The van der Waals surface area contributed by atoms with E-state index in [1.165, 1.54) is 20.0 Å². The number of hydrogen-bond donors (Lipinski definition) is 1. The zero-order valence-corrected chi connectivity index (χ0v) is 18.5. The highest BCUT2D eigenvalue weighted by Gasteiger charge is 2.31. The monoisotopic (exact) mass is 471 g/mol. The molecule has 2 N–H and O–H groups in total. The number of fused-ring (bicyclic) bond motifs is 3. The average molecular weight is 471 g/mol. The van der Waals surface area contributed by atoms with Crippen LogP contribution in [0, 0.1) is 0 Å². The smallest absolute Gasteiger partial charge is 0.383 e. The van der Waals surface area contributed by atoms with E-state index in [2.05, 4.69) is 15.1 Å². The maximum atomic E-state index is 13.4. The summed E-state index contributed by atoms with van der Waals surface area (Å²) in [6.45, 7) is 1.05. The molecule has 0 spiro atoms. The number of aromatic nitrogens is 4. The second-order valence-corrected chi connectivity index (χ2v) is 7.70. The maximum absolute atomic E-state index is 13.4. The molecule has 4 aromatic rings. The van der Waals surface area contributed by atoms with E-state index in [-0.39, 0.29) is 17.8 Å². The standard InChI is InChI=1S/C22H20F3N7O2/c1-12(33)31(3)32(11-15-6-5-14(9-27-15)22(23,24)25)21(34)13-4-7-18-16(8-13)19-17(20(26)29-18)10-28-30(19)2/h4-10H,11H2,1-3H3,(H2,26,29). The first-order valence-electron chi connectivity index (χ1n) is 10.1. The Morgan fingerprint density at radius 1 is 1.12 bits per heavy atom. The molecule has 3 heterocycles. The van der Waals surface area contributed by atoms with Crippen molar-refractivity contribution in [2.45, 2.75) is 19.6 Å². The van der Waals surface area contributed by atoms with Crippen molar-refractivity contribution in [1.82, 2.24) is 29.8 Å². The highest BCUT2D eigenvalue weighted by molar-refractivity contribution is 6.10. The van der Waals surface area contributed by atoms with Crippen LogP contribution in [0.3, 0.4) is 0 Å². The normalized spacial score (nSPS) is 11.7. The molecule has 176 valence electrons. The number of amides is 2. The van der Waals surface area contributed by atoms with Gasteiger partial charge in [-0.1, -0.05) is 0 Å². The fraction of sp³-hybridized carbons (Fsp3) is 0.227. The Balaban J connectivity index is 1.74.